The van der Waals surface area contributed by atoms with Gasteiger partial charge in [0.15, 0.2) is 0 Å². The molecule has 0 fully saturated rings. The predicted molar refractivity (Wildman–Crippen MR) is 88.3 cm³/mol. The lowest BCUT2D eigenvalue weighted by atomic mass is 9.97. The van der Waals surface area contributed by atoms with E-state index in [1.54, 1.807) is 0 Å². The average molecular weight is 283 g/mol. The molecule has 1 aliphatic rings. The molecule has 1 heterocycles. The van der Waals surface area contributed by atoms with Crippen molar-refractivity contribution in [3.05, 3.63) is 47.5 Å². The third-order valence-corrected chi connectivity index (χ3v) is 4.89. The van der Waals surface area contributed by atoms with Crippen molar-refractivity contribution in [2.45, 2.75) is 49.3 Å². The highest BCUT2D eigenvalue weighted by Gasteiger charge is 2.19. The zero-order chi connectivity index (χ0) is 13.9. The van der Waals surface area contributed by atoms with Crippen LogP contribution in [0.3, 0.4) is 0 Å². The van der Waals surface area contributed by atoms with Crippen LogP contribution in [0.4, 0.5) is 11.4 Å². The van der Waals surface area contributed by atoms with Crippen molar-refractivity contribution < 1.29 is 0 Å². The molecule has 3 rings (SSSR count). The number of hydrogen-bond donors (Lipinski definition) is 1. The van der Waals surface area contributed by atoms with Crippen LogP contribution in [-0.4, -0.2) is 0 Å². The maximum Gasteiger partial charge on any atom is 0.0561 e. The molecule has 0 aromatic heterocycles. The summed E-state index contributed by atoms with van der Waals surface area (Å²) < 4.78 is 0. The van der Waals surface area contributed by atoms with Gasteiger partial charge < -0.3 is 5.32 Å². The summed E-state index contributed by atoms with van der Waals surface area (Å²) in [6, 6.07) is 13.2. The molecule has 1 aliphatic heterocycles. The summed E-state index contributed by atoms with van der Waals surface area (Å²) in [5.74, 6) is 0. The van der Waals surface area contributed by atoms with Crippen molar-refractivity contribution >= 4 is 23.1 Å². The van der Waals surface area contributed by atoms with Crippen molar-refractivity contribution in [1.82, 2.24) is 0 Å². The van der Waals surface area contributed by atoms with Crippen LogP contribution in [0.5, 0.6) is 0 Å². The first-order chi connectivity index (χ1) is 9.83. The normalized spacial score (nSPS) is 12.5. The zero-order valence-electron chi connectivity index (χ0n) is 12.2. The van der Waals surface area contributed by atoms with Crippen LogP contribution in [0, 0.1) is 0 Å². The SMILES string of the molecule is CCCc1ccc2c(c1CCC)Nc1ccccc1S2. The van der Waals surface area contributed by atoms with E-state index in [0.717, 1.165) is 6.42 Å². The van der Waals surface area contributed by atoms with Crippen LogP contribution >= 0.6 is 11.8 Å². The predicted octanol–water partition coefficient (Wildman–Crippen LogP) is 5.80. The van der Waals surface area contributed by atoms with Gasteiger partial charge in [-0.15, -0.1) is 0 Å². The van der Waals surface area contributed by atoms with Crippen LogP contribution in [0.25, 0.3) is 0 Å². The van der Waals surface area contributed by atoms with Crippen LogP contribution in [0.2, 0.25) is 0 Å². The largest absolute Gasteiger partial charge is 0.353 e. The number of para-hydroxylation sites is 1. The molecule has 0 amide bonds. The quantitative estimate of drug-likeness (QED) is 0.649. The highest BCUT2D eigenvalue weighted by Crippen LogP contribution is 2.46. The fourth-order valence-electron chi connectivity index (χ4n) is 2.84. The van der Waals surface area contributed by atoms with Crippen molar-refractivity contribution in [1.29, 1.82) is 0 Å². The van der Waals surface area contributed by atoms with Crippen molar-refractivity contribution in [3.8, 4) is 0 Å². The molecule has 2 aromatic rings. The number of hydrogen-bond acceptors (Lipinski definition) is 2. The summed E-state index contributed by atoms with van der Waals surface area (Å²) in [6.45, 7) is 4.52. The van der Waals surface area contributed by atoms with Crippen LogP contribution in [0.1, 0.15) is 37.8 Å². The van der Waals surface area contributed by atoms with Gasteiger partial charge in [-0.25, -0.2) is 0 Å². The van der Waals surface area contributed by atoms with Gasteiger partial charge in [0.05, 0.1) is 11.4 Å². The molecule has 2 heteroatoms. The van der Waals surface area contributed by atoms with Gasteiger partial charge in [0.2, 0.25) is 0 Å². The number of fused-ring (bicyclic) bond motifs is 2. The molecule has 0 spiro atoms. The summed E-state index contributed by atoms with van der Waals surface area (Å²) >= 11 is 1.89. The molecule has 0 atom stereocenters. The van der Waals surface area contributed by atoms with Crippen LogP contribution in [0.15, 0.2) is 46.2 Å². The molecular weight excluding hydrogens is 262 g/mol. The second kappa shape index (κ2) is 5.92. The Morgan fingerprint density at radius 3 is 2.50 bits per heavy atom. The first-order valence-electron chi connectivity index (χ1n) is 7.52. The molecule has 20 heavy (non-hydrogen) atoms. The van der Waals surface area contributed by atoms with Gasteiger partial charge in [0, 0.05) is 9.79 Å². The molecule has 0 saturated heterocycles. The monoisotopic (exact) mass is 283 g/mol. The van der Waals surface area contributed by atoms with E-state index in [-0.39, 0.29) is 0 Å². The lowest BCUT2D eigenvalue weighted by Gasteiger charge is -2.25. The lowest BCUT2D eigenvalue weighted by Crippen LogP contribution is -2.06. The third kappa shape index (κ3) is 2.45. The molecule has 0 unspecified atom stereocenters. The number of aryl methyl sites for hydroxylation is 1. The number of nitrogens with one attached hydrogen (secondary N) is 1. The van der Waals surface area contributed by atoms with E-state index >= 15 is 0 Å². The molecule has 2 aromatic carbocycles. The Labute approximate surface area is 125 Å². The Hall–Kier alpha value is -1.41. The Bertz CT molecular complexity index is 619. The first kappa shape index (κ1) is 13.6. The van der Waals surface area contributed by atoms with Crippen LogP contribution < -0.4 is 5.32 Å². The fourth-order valence-corrected chi connectivity index (χ4v) is 3.87. The van der Waals surface area contributed by atoms with Gasteiger partial charge in [-0.1, -0.05) is 56.7 Å². The summed E-state index contributed by atoms with van der Waals surface area (Å²) in [7, 11) is 0. The molecule has 0 radical (unpaired) electrons. The minimum Gasteiger partial charge on any atom is -0.353 e. The number of benzene rings is 2. The standard InChI is InChI=1S/C18H21NS/c1-3-7-13-11-12-17-18(14(13)8-4-2)19-15-9-5-6-10-16(15)20-17/h5-6,9-12,19H,3-4,7-8H2,1-2H3. The Kier molecular flexibility index (Phi) is 4.02. The molecule has 104 valence electrons. The van der Waals surface area contributed by atoms with E-state index in [9.17, 15) is 0 Å². The van der Waals surface area contributed by atoms with E-state index in [4.69, 9.17) is 0 Å². The Morgan fingerprint density at radius 2 is 1.70 bits per heavy atom. The van der Waals surface area contributed by atoms with E-state index in [1.807, 2.05) is 11.8 Å². The third-order valence-electron chi connectivity index (χ3n) is 3.76. The second-order valence-corrected chi connectivity index (χ2v) is 6.38. The Morgan fingerprint density at radius 1 is 0.900 bits per heavy atom. The van der Waals surface area contributed by atoms with Crippen molar-refractivity contribution in [2.75, 3.05) is 5.32 Å². The molecule has 0 aliphatic carbocycles. The van der Waals surface area contributed by atoms with Gasteiger partial charge in [-0.3, -0.25) is 0 Å². The van der Waals surface area contributed by atoms with Gasteiger partial charge in [0.1, 0.15) is 0 Å². The average Bonchev–Trinajstić information content (AvgIpc) is 2.48. The minimum atomic E-state index is 1.16. The van der Waals surface area contributed by atoms with E-state index in [1.165, 1.54) is 51.6 Å². The molecule has 1 nitrogen and oxygen atoms in total. The zero-order valence-corrected chi connectivity index (χ0v) is 13.0. The second-order valence-electron chi connectivity index (χ2n) is 5.30. The van der Waals surface area contributed by atoms with Gasteiger partial charge in [0.25, 0.3) is 0 Å². The van der Waals surface area contributed by atoms with Crippen molar-refractivity contribution in [2.24, 2.45) is 0 Å². The number of anilines is 2. The van der Waals surface area contributed by atoms with Gasteiger partial charge in [-0.05, 0) is 42.2 Å². The van der Waals surface area contributed by atoms with E-state index < -0.39 is 0 Å². The van der Waals surface area contributed by atoms with E-state index in [0.29, 0.717) is 0 Å². The van der Waals surface area contributed by atoms with Gasteiger partial charge >= 0.3 is 0 Å². The van der Waals surface area contributed by atoms with Crippen LogP contribution in [-0.2, 0) is 12.8 Å². The molecule has 1 N–H and O–H groups in total. The Balaban J connectivity index is 2.06. The number of rotatable bonds is 4. The topological polar surface area (TPSA) is 12.0 Å². The highest BCUT2D eigenvalue weighted by molar-refractivity contribution is 7.99. The summed E-state index contributed by atoms with van der Waals surface area (Å²) in [5.41, 5.74) is 5.63. The van der Waals surface area contributed by atoms with Gasteiger partial charge in [-0.2, -0.15) is 0 Å². The maximum atomic E-state index is 3.67. The smallest absolute Gasteiger partial charge is 0.0561 e. The summed E-state index contributed by atoms with van der Waals surface area (Å²) in [4.78, 5) is 2.69. The summed E-state index contributed by atoms with van der Waals surface area (Å²) in [6.07, 6.45) is 4.74. The molecular formula is C18H21NS. The van der Waals surface area contributed by atoms with Crippen molar-refractivity contribution in [3.63, 3.8) is 0 Å². The van der Waals surface area contributed by atoms with E-state index in [2.05, 4.69) is 55.6 Å². The molecule has 0 saturated carbocycles. The highest BCUT2D eigenvalue weighted by atomic mass is 32.2. The fraction of sp³-hybridized carbons (Fsp3) is 0.333. The first-order valence-corrected chi connectivity index (χ1v) is 8.33. The maximum absolute atomic E-state index is 3.67. The lowest BCUT2D eigenvalue weighted by molar-refractivity contribution is 0.858. The molecule has 0 bridgehead atoms. The summed E-state index contributed by atoms with van der Waals surface area (Å²) in [5, 5.41) is 3.67. The minimum absolute atomic E-state index is 1.16.